The zero-order valence-corrected chi connectivity index (χ0v) is 11.3. The summed E-state index contributed by atoms with van der Waals surface area (Å²) < 4.78 is 6.90. The zero-order valence-electron chi connectivity index (χ0n) is 9.72. The van der Waals surface area contributed by atoms with Gasteiger partial charge in [0.1, 0.15) is 5.75 Å². The predicted molar refractivity (Wildman–Crippen MR) is 68.4 cm³/mol. The van der Waals surface area contributed by atoms with Crippen LogP contribution in [0.5, 0.6) is 5.75 Å². The Morgan fingerprint density at radius 3 is 2.47 bits per heavy atom. The second-order valence-corrected chi connectivity index (χ2v) is 4.76. The first kappa shape index (κ1) is 12.6. The van der Waals surface area contributed by atoms with Crippen LogP contribution < -0.4 is 4.74 Å². The summed E-state index contributed by atoms with van der Waals surface area (Å²) >= 11 is 3.48. The molecular formula is C13H19BrO. The Morgan fingerprint density at radius 1 is 1.27 bits per heavy atom. The molecule has 1 nitrogen and oxygen atoms in total. The molecule has 0 bridgehead atoms. The average molecular weight is 271 g/mol. The fraction of sp³-hybridized carbons (Fsp3) is 0.538. The van der Waals surface area contributed by atoms with Crippen LogP contribution in [0.25, 0.3) is 0 Å². The van der Waals surface area contributed by atoms with Gasteiger partial charge in [0.15, 0.2) is 0 Å². The van der Waals surface area contributed by atoms with E-state index in [2.05, 4.69) is 42.8 Å². The molecule has 0 saturated heterocycles. The van der Waals surface area contributed by atoms with Crippen LogP contribution in [-0.2, 0) is 0 Å². The van der Waals surface area contributed by atoms with E-state index in [1.54, 1.807) is 0 Å². The summed E-state index contributed by atoms with van der Waals surface area (Å²) in [5, 5.41) is 0. The van der Waals surface area contributed by atoms with E-state index < -0.39 is 0 Å². The molecule has 0 saturated carbocycles. The fourth-order valence-corrected chi connectivity index (χ4v) is 1.69. The molecule has 0 fully saturated rings. The summed E-state index contributed by atoms with van der Waals surface area (Å²) in [6.45, 7) is 7.33. The summed E-state index contributed by atoms with van der Waals surface area (Å²) in [4.78, 5) is 0. The first-order valence-electron chi connectivity index (χ1n) is 5.56. The van der Waals surface area contributed by atoms with Crippen LogP contribution in [0.3, 0.4) is 0 Å². The minimum Gasteiger partial charge on any atom is -0.493 e. The van der Waals surface area contributed by atoms with Crippen LogP contribution in [0.2, 0.25) is 0 Å². The van der Waals surface area contributed by atoms with E-state index in [9.17, 15) is 0 Å². The van der Waals surface area contributed by atoms with Gasteiger partial charge in [0.05, 0.1) is 6.61 Å². The highest BCUT2D eigenvalue weighted by Crippen LogP contribution is 2.22. The van der Waals surface area contributed by atoms with Gasteiger partial charge in [0, 0.05) is 4.47 Å². The quantitative estimate of drug-likeness (QED) is 0.762. The lowest BCUT2D eigenvalue weighted by molar-refractivity contribution is 0.240. The predicted octanol–water partition coefficient (Wildman–Crippen LogP) is 4.57. The van der Waals surface area contributed by atoms with Gasteiger partial charge < -0.3 is 4.74 Å². The Hall–Kier alpha value is -0.500. The third-order valence-corrected chi connectivity index (χ3v) is 3.66. The number of benzene rings is 1. The van der Waals surface area contributed by atoms with Gasteiger partial charge in [-0.3, -0.25) is 0 Å². The summed E-state index contributed by atoms with van der Waals surface area (Å²) in [6.07, 6.45) is 2.37. The molecule has 0 aromatic heterocycles. The van der Waals surface area contributed by atoms with Gasteiger partial charge >= 0.3 is 0 Å². The smallest absolute Gasteiger partial charge is 0.119 e. The van der Waals surface area contributed by atoms with Crippen LogP contribution in [-0.4, -0.2) is 6.61 Å². The molecule has 0 aliphatic carbocycles. The SMILES string of the molecule is CCC(CC)COc1ccc(Br)c(C)c1. The molecule has 15 heavy (non-hydrogen) atoms. The summed E-state index contributed by atoms with van der Waals surface area (Å²) in [7, 11) is 0. The molecule has 2 heteroatoms. The van der Waals surface area contributed by atoms with E-state index in [0.717, 1.165) is 16.8 Å². The van der Waals surface area contributed by atoms with Gasteiger partial charge in [-0.25, -0.2) is 0 Å². The molecule has 0 radical (unpaired) electrons. The van der Waals surface area contributed by atoms with Crippen LogP contribution in [0.15, 0.2) is 22.7 Å². The van der Waals surface area contributed by atoms with Crippen LogP contribution >= 0.6 is 15.9 Å². The maximum atomic E-state index is 5.76. The van der Waals surface area contributed by atoms with E-state index in [0.29, 0.717) is 5.92 Å². The Labute approximate surface area is 101 Å². The number of hydrogen-bond acceptors (Lipinski definition) is 1. The normalized spacial score (nSPS) is 10.7. The van der Waals surface area contributed by atoms with Crippen molar-refractivity contribution < 1.29 is 4.74 Å². The molecule has 0 spiro atoms. The van der Waals surface area contributed by atoms with Gasteiger partial charge in [-0.15, -0.1) is 0 Å². The molecule has 0 heterocycles. The number of rotatable bonds is 5. The van der Waals surface area contributed by atoms with Gasteiger partial charge in [0.2, 0.25) is 0 Å². The van der Waals surface area contributed by atoms with Crippen LogP contribution in [0, 0.1) is 12.8 Å². The van der Waals surface area contributed by atoms with E-state index in [1.807, 2.05) is 12.1 Å². The van der Waals surface area contributed by atoms with Crippen molar-refractivity contribution in [3.8, 4) is 5.75 Å². The molecule has 0 aliphatic heterocycles. The lowest BCUT2D eigenvalue weighted by atomic mass is 10.1. The molecule has 1 aromatic carbocycles. The van der Waals surface area contributed by atoms with Crippen molar-refractivity contribution in [2.45, 2.75) is 33.6 Å². The van der Waals surface area contributed by atoms with Crippen molar-refractivity contribution in [2.75, 3.05) is 6.61 Å². The number of hydrogen-bond donors (Lipinski definition) is 0. The Morgan fingerprint density at radius 2 is 1.93 bits per heavy atom. The van der Waals surface area contributed by atoms with Gasteiger partial charge in [0.25, 0.3) is 0 Å². The van der Waals surface area contributed by atoms with Crippen LogP contribution in [0.4, 0.5) is 0 Å². The van der Waals surface area contributed by atoms with Crippen molar-refractivity contribution in [3.63, 3.8) is 0 Å². The molecule has 0 amide bonds. The second kappa shape index (κ2) is 6.16. The largest absolute Gasteiger partial charge is 0.493 e. The minimum absolute atomic E-state index is 0.675. The summed E-state index contributed by atoms with van der Waals surface area (Å²) in [5.41, 5.74) is 1.22. The van der Waals surface area contributed by atoms with Crippen molar-refractivity contribution in [1.29, 1.82) is 0 Å². The summed E-state index contributed by atoms with van der Waals surface area (Å²) in [6, 6.07) is 6.13. The Balaban J connectivity index is 2.54. The van der Waals surface area contributed by atoms with Crippen molar-refractivity contribution >= 4 is 15.9 Å². The van der Waals surface area contributed by atoms with Gasteiger partial charge in [-0.1, -0.05) is 42.6 Å². The maximum Gasteiger partial charge on any atom is 0.119 e. The monoisotopic (exact) mass is 270 g/mol. The van der Waals surface area contributed by atoms with Gasteiger partial charge in [-0.05, 0) is 36.6 Å². The Kier molecular flexibility index (Phi) is 5.16. The molecule has 0 N–H and O–H groups in total. The Bertz CT molecular complexity index is 305. The first-order valence-corrected chi connectivity index (χ1v) is 6.35. The molecule has 0 atom stereocenters. The van der Waals surface area contributed by atoms with Crippen molar-refractivity contribution in [2.24, 2.45) is 5.92 Å². The molecule has 1 aromatic rings. The second-order valence-electron chi connectivity index (χ2n) is 3.90. The third kappa shape index (κ3) is 3.86. The molecule has 1 rings (SSSR count). The standard InChI is InChI=1S/C13H19BrO/c1-4-11(5-2)9-15-12-6-7-13(14)10(3)8-12/h6-8,11H,4-5,9H2,1-3H3. The lowest BCUT2D eigenvalue weighted by Gasteiger charge is -2.14. The van der Waals surface area contributed by atoms with Crippen molar-refractivity contribution in [3.05, 3.63) is 28.2 Å². The molecular weight excluding hydrogens is 252 g/mol. The third-order valence-electron chi connectivity index (χ3n) is 2.77. The van der Waals surface area contributed by atoms with Gasteiger partial charge in [-0.2, -0.15) is 0 Å². The minimum atomic E-state index is 0.675. The molecule has 0 aliphatic rings. The number of aryl methyl sites for hydroxylation is 1. The molecule has 84 valence electrons. The van der Waals surface area contributed by atoms with E-state index in [4.69, 9.17) is 4.74 Å². The lowest BCUT2D eigenvalue weighted by Crippen LogP contribution is -2.10. The number of halogens is 1. The first-order chi connectivity index (χ1) is 7.17. The van der Waals surface area contributed by atoms with E-state index >= 15 is 0 Å². The topological polar surface area (TPSA) is 9.23 Å². The zero-order chi connectivity index (χ0) is 11.3. The highest BCUT2D eigenvalue weighted by Gasteiger charge is 2.04. The number of ether oxygens (including phenoxy) is 1. The average Bonchev–Trinajstić information content (AvgIpc) is 2.24. The molecule has 0 unspecified atom stereocenters. The fourth-order valence-electron chi connectivity index (χ4n) is 1.45. The highest BCUT2D eigenvalue weighted by atomic mass is 79.9. The van der Waals surface area contributed by atoms with E-state index in [1.165, 1.54) is 18.4 Å². The van der Waals surface area contributed by atoms with E-state index in [-0.39, 0.29) is 0 Å². The highest BCUT2D eigenvalue weighted by molar-refractivity contribution is 9.10. The maximum absolute atomic E-state index is 5.76. The summed E-state index contributed by atoms with van der Waals surface area (Å²) in [5.74, 6) is 1.65. The van der Waals surface area contributed by atoms with Crippen LogP contribution in [0.1, 0.15) is 32.3 Å². The van der Waals surface area contributed by atoms with Crippen molar-refractivity contribution in [1.82, 2.24) is 0 Å².